The molecule has 0 aliphatic rings. The van der Waals surface area contributed by atoms with Crippen molar-refractivity contribution in [3.05, 3.63) is 6.07 Å². The van der Waals surface area contributed by atoms with Crippen LogP contribution >= 0.6 is 11.8 Å². The first-order valence-corrected chi connectivity index (χ1v) is 8.37. The third-order valence-electron chi connectivity index (χ3n) is 2.77. The maximum atomic E-state index is 5.20. The van der Waals surface area contributed by atoms with Crippen LogP contribution in [0.5, 0.6) is 11.8 Å². The number of methoxy groups -OCH3 is 2. The molecule has 1 heterocycles. The molecule has 1 N–H and O–H groups in total. The number of rotatable bonds is 6. The number of nitrogens with one attached hydrogen (secondary N) is 1. The van der Waals surface area contributed by atoms with Crippen molar-refractivity contribution >= 4 is 18.0 Å². The Morgan fingerprint density at radius 3 is 2.00 bits per heavy atom. The summed E-state index contributed by atoms with van der Waals surface area (Å²) in [6.45, 7) is 12.7. The van der Waals surface area contributed by atoms with Crippen LogP contribution in [0.25, 0.3) is 0 Å². The lowest BCUT2D eigenvalue weighted by molar-refractivity contribution is 0.364. The van der Waals surface area contributed by atoms with Gasteiger partial charge in [0.25, 0.3) is 0 Å². The average Bonchev–Trinajstić information content (AvgIpc) is 2.43. The predicted octanol–water partition coefficient (Wildman–Crippen LogP) is 3.37. The summed E-state index contributed by atoms with van der Waals surface area (Å²) in [6.07, 6.45) is 1.91. The van der Waals surface area contributed by atoms with E-state index in [1.807, 2.05) is 6.21 Å². The van der Waals surface area contributed by atoms with Gasteiger partial charge in [-0.05, 0) is 26.2 Å². The summed E-state index contributed by atoms with van der Waals surface area (Å²) in [6, 6.07) is 1.66. The summed E-state index contributed by atoms with van der Waals surface area (Å²) in [4.78, 5) is 8.76. The molecule has 23 heavy (non-hydrogen) atoms. The van der Waals surface area contributed by atoms with Crippen molar-refractivity contribution in [2.45, 2.75) is 57.5 Å². The predicted molar refractivity (Wildman–Crippen MR) is 95.6 cm³/mol. The van der Waals surface area contributed by atoms with E-state index in [2.05, 4.69) is 62.0 Å². The minimum Gasteiger partial charge on any atom is -0.481 e. The Labute approximate surface area is 143 Å². The molecule has 0 amide bonds. The molecule has 1 aromatic rings. The van der Waals surface area contributed by atoms with Crippen molar-refractivity contribution in [3.8, 4) is 11.8 Å². The number of nitrogens with zero attached hydrogens (tertiary/aromatic N) is 3. The van der Waals surface area contributed by atoms with Gasteiger partial charge >= 0.3 is 0 Å². The lowest BCUT2D eigenvalue weighted by Crippen LogP contribution is -2.33. The van der Waals surface area contributed by atoms with Gasteiger partial charge in [-0.1, -0.05) is 32.5 Å². The number of ether oxygens (including phenoxy) is 2. The summed E-state index contributed by atoms with van der Waals surface area (Å²) in [5.41, 5.74) is 3.04. The Balaban J connectivity index is 2.98. The second kappa shape index (κ2) is 7.86. The van der Waals surface area contributed by atoms with Crippen LogP contribution in [0.2, 0.25) is 0 Å². The van der Waals surface area contributed by atoms with Gasteiger partial charge in [-0.3, -0.25) is 0 Å². The van der Waals surface area contributed by atoms with E-state index >= 15 is 0 Å². The van der Waals surface area contributed by atoms with Gasteiger partial charge < -0.3 is 14.9 Å². The van der Waals surface area contributed by atoms with E-state index in [9.17, 15) is 0 Å². The molecule has 0 bridgehead atoms. The van der Waals surface area contributed by atoms with E-state index in [4.69, 9.17) is 9.47 Å². The Morgan fingerprint density at radius 1 is 1.09 bits per heavy atom. The zero-order valence-electron chi connectivity index (χ0n) is 15.3. The lowest BCUT2D eigenvalue weighted by atomic mass is 9.92. The molecule has 1 atom stereocenters. The largest absolute Gasteiger partial charge is 0.481 e. The third-order valence-corrected chi connectivity index (χ3v) is 4.25. The van der Waals surface area contributed by atoms with Gasteiger partial charge in [0.15, 0.2) is 5.16 Å². The van der Waals surface area contributed by atoms with E-state index < -0.39 is 0 Å². The lowest BCUT2D eigenvalue weighted by Gasteiger charge is -2.27. The van der Waals surface area contributed by atoms with Gasteiger partial charge in [0.2, 0.25) is 11.8 Å². The minimum absolute atomic E-state index is 0.00655. The molecule has 1 aromatic heterocycles. The second-order valence-electron chi connectivity index (χ2n) is 7.28. The zero-order chi connectivity index (χ0) is 17.7. The number of hydrazone groups is 1. The van der Waals surface area contributed by atoms with E-state index in [0.717, 1.165) is 0 Å². The summed E-state index contributed by atoms with van der Waals surface area (Å²) >= 11 is 1.53. The molecule has 6 nitrogen and oxygen atoms in total. The molecule has 130 valence electrons. The Hall–Kier alpha value is -1.50. The van der Waals surface area contributed by atoms with Gasteiger partial charge in [-0.25, -0.2) is 0 Å². The van der Waals surface area contributed by atoms with Crippen molar-refractivity contribution in [1.29, 1.82) is 0 Å². The highest BCUT2D eigenvalue weighted by molar-refractivity contribution is 8.00. The van der Waals surface area contributed by atoms with Gasteiger partial charge in [-0.15, -0.1) is 0 Å². The maximum Gasteiger partial charge on any atom is 0.220 e. The van der Waals surface area contributed by atoms with E-state index in [1.165, 1.54) is 11.8 Å². The SMILES string of the molecule is COc1cc(OC)nc(SC(C=NNC(C)(C)C)C(C)(C)C)n1. The molecule has 1 unspecified atom stereocenters. The molecular formula is C16H28N4O2S. The van der Waals surface area contributed by atoms with Crippen molar-refractivity contribution in [1.82, 2.24) is 15.4 Å². The first-order valence-electron chi connectivity index (χ1n) is 7.49. The van der Waals surface area contributed by atoms with E-state index in [-0.39, 0.29) is 16.2 Å². The molecule has 1 rings (SSSR count). The molecule has 0 saturated carbocycles. The van der Waals surface area contributed by atoms with E-state index in [0.29, 0.717) is 16.9 Å². The van der Waals surface area contributed by atoms with Crippen LogP contribution in [0.15, 0.2) is 16.3 Å². The molecule has 7 heteroatoms. The molecule has 0 radical (unpaired) electrons. The quantitative estimate of drug-likeness (QED) is 0.371. The summed E-state index contributed by atoms with van der Waals surface area (Å²) in [5.74, 6) is 0.966. The van der Waals surface area contributed by atoms with Gasteiger partial charge in [0.05, 0.1) is 25.5 Å². The van der Waals surface area contributed by atoms with Crippen LogP contribution in [-0.2, 0) is 0 Å². The number of hydrogen-bond donors (Lipinski definition) is 1. The first kappa shape index (κ1) is 19.5. The van der Waals surface area contributed by atoms with Crippen LogP contribution in [0.4, 0.5) is 0 Å². The Morgan fingerprint density at radius 2 is 1.61 bits per heavy atom. The van der Waals surface area contributed by atoms with Crippen LogP contribution in [0, 0.1) is 5.41 Å². The summed E-state index contributed by atoms with van der Waals surface area (Å²) in [7, 11) is 3.15. The molecule has 0 fully saturated rings. The number of hydrogen-bond acceptors (Lipinski definition) is 7. The molecule has 0 aliphatic heterocycles. The average molecular weight is 340 g/mol. The maximum absolute atomic E-state index is 5.20. The highest BCUT2D eigenvalue weighted by Crippen LogP contribution is 2.34. The normalized spacial score (nSPS) is 13.9. The fraction of sp³-hybridized carbons (Fsp3) is 0.688. The molecular weight excluding hydrogens is 312 g/mol. The van der Waals surface area contributed by atoms with Crippen molar-refractivity contribution in [3.63, 3.8) is 0 Å². The van der Waals surface area contributed by atoms with Crippen LogP contribution in [0.1, 0.15) is 41.5 Å². The first-order chi connectivity index (χ1) is 10.5. The molecule has 0 spiro atoms. The zero-order valence-corrected chi connectivity index (χ0v) is 16.1. The molecule has 0 aliphatic carbocycles. The number of aromatic nitrogens is 2. The monoisotopic (exact) mass is 340 g/mol. The summed E-state index contributed by atoms with van der Waals surface area (Å²) < 4.78 is 10.4. The fourth-order valence-electron chi connectivity index (χ4n) is 1.49. The van der Waals surface area contributed by atoms with Gasteiger partial charge in [-0.2, -0.15) is 15.1 Å². The van der Waals surface area contributed by atoms with Crippen molar-refractivity contribution in [2.24, 2.45) is 10.5 Å². The molecule has 0 aromatic carbocycles. The van der Waals surface area contributed by atoms with Gasteiger partial charge in [0, 0.05) is 11.8 Å². The highest BCUT2D eigenvalue weighted by atomic mass is 32.2. The second-order valence-corrected chi connectivity index (χ2v) is 8.39. The minimum atomic E-state index is -0.0702. The van der Waals surface area contributed by atoms with Crippen LogP contribution < -0.4 is 14.9 Å². The van der Waals surface area contributed by atoms with Crippen molar-refractivity contribution < 1.29 is 9.47 Å². The fourth-order valence-corrected chi connectivity index (χ4v) is 2.48. The Bertz CT molecular complexity index is 514. The highest BCUT2D eigenvalue weighted by Gasteiger charge is 2.26. The summed E-state index contributed by atoms with van der Waals surface area (Å²) in [5, 5.41) is 5.07. The standard InChI is InChI=1S/C16H28N4O2S/c1-15(2,3)11(10-17-20-16(4,5)6)23-14-18-12(21-7)9-13(19-14)22-8/h9-11,20H,1-8H3. The Kier molecular flexibility index (Phi) is 6.68. The third kappa shape index (κ3) is 7.07. The van der Waals surface area contributed by atoms with Crippen LogP contribution in [-0.4, -0.2) is 41.2 Å². The van der Waals surface area contributed by atoms with Crippen LogP contribution in [0.3, 0.4) is 0 Å². The van der Waals surface area contributed by atoms with E-state index in [1.54, 1.807) is 20.3 Å². The smallest absolute Gasteiger partial charge is 0.220 e. The molecule has 0 saturated heterocycles. The van der Waals surface area contributed by atoms with Gasteiger partial charge in [0.1, 0.15) is 0 Å². The van der Waals surface area contributed by atoms with Crippen molar-refractivity contribution in [2.75, 3.05) is 14.2 Å². The number of thioether (sulfide) groups is 1. The topological polar surface area (TPSA) is 68.6 Å².